The predicted molar refractivity (Wildman–Crippen MR) is 75.8 cm³/mol. The van der Waals surface area contributed by atoms with Gasteiger partial charge in [0.15, 0.2) is 11.9 Å². The summed E-state index contributed by atoms with van der Waals surface area (Å²) in [5.74, 6) is -1.39. The number of aromatic nitrogens is 1. The Balaban J connectivity index is 2.04. The maximum atomic E-state index is 13.5. The third kappa shape index (κ3) is 3.69. The van der Waals surface area contributed by atoms with Gasteiger partial charge in [-0.1, -0.05) is 24.2 Å². The van der Waals surface area contributed by atoms with E-state index in [0.29, 0.717) is 5.76 Å². The number of halogens is 1. The summed E-state index contributed by atoms with van der Waals surface area (Å²) in [4.78, 5) is 24.0. The van der Waals surface area contributed by atoms with Crippen LogP contribution in [0, 0.1) is 12.7 Å². The van der Waals surface area contributed by atoms with Crippen molar-refractivity contribution in [3.8, 4) is 0 Å². The number of carbonyl (C=O) groups is 2. The van der Waals surface area contributed by atoms with Crippen molar-refractivity contribution in [1.82, 2.24) is 5.16 Å². The average molecular weight is 306 g/mol. The fourth-order valence-corrected chi connectivity index (χ4v) is 1.77. The molecule has 0 fully saturated rings. The lowest BCUT2D eigenvalue weighted by atomic mass is 10.2. The number of aryl methyl sites for hydroxylation is 1. The molecule has 6 nitrogen and oxygen atoms in total. The minimum Gasteiger partial charge on any atom is -0.449 e. The molecule has 0 saturated heterocycles. The fourth-order valence-electron chi connectivity index (χ4n) is 1.77. The van der Waals surface area contributed by atoms with Crippen molar-refractivity contribution in [2.75, 3.05) is 5.32 Å². The van der Waals surface area contributed by atoms with Crippen LogP contribution in [0.5, 0.6) is 0 Å². The van der Waals surface area contributed by atoms with Crippen LogP contribution < -0.4 is 5.32 Å². The average Bonchev–Trinajstić information content (AvgIpc) is 2.90. The van der Waals surface area contributed by atoms with Gasteiger partial charge in [0.25, 0.3) is 5.91 Å². The Morgan fingerprint density at radius 1 is 1.41 bits per heavy atom. The van der Waals surface area contributed by atoms with Crippen molar-refractivity contribution >= 4 is 17.7 Å². The zero-order valence-electron chi connectivity index (χ0n) is 12.1. The summed E-state index contributed by atoms with van der Waals surface area (Å²) in [6, 6.07) is 6.95. The Labute approximate surface area is 126 Å². The number of hydrogen-bond donors (Lipinski definition) is 1. The third-order valence-electron chi connectivity index (χ3n) is 2.89. The lowest BCUT2D eigenvalue weighted by molar-refractivity contribution is -0.124. The highest BCUT2D eigenvalue weighted by Crippen LogP contribution is 2.13. The number of nitrogens with one attached hydrogen (secondary N) is 1. The van der Waals surface area contributed by atoms with Crippen molar-refractivity contribution < 1.29 is 23.2 Å². The summed E-state index contributed by atoms with van der Waals surface area (Å²) in [7, 11) is 0. The molecule has 0 aliphatic rings. The molecule has 22 heavy (non-hydrogen) atoms. The van der Waals surface area contributed by atoms with Crippen LogP contribution in [0.2, 0.25) is 0 Å². The van der Waals surface area contributed by atoms with Crippen LogP contribution in [-0.2, 0) is 9.53 Å². The first-order chi connectivity index (χ1) is 10.5. The number of carbonyl (C=O) groups excluding carboxylic acids is 2. The summed E-state index contributed by atoms with van der Waals surface area (Å²) >= 11 is 0. The van der Waals surface area contributed by atoms with E-state index in [1.54, 1.807) is 13.8 Å². The highest BCUT2D eigenvalue weighted by Gasteiger charge is 2.24. The van der Waals surface area contributed by atoms with Crippen molar-refractivity contribution in [1.29, 1.82) is 0 Å². The molecule has 116 valence electrons. The van der Waals surface area contributed by atoms with Gasteiger partial charge in [-0.05, 0) is 25.5 Å². The van der Waals surface area contributed by atoms with Gasteiger partial charge in [0.05, 0.1) is 5.56 Å². The molecule has 0 aliphatic heterocycles. The Morgan fingerprint density at radius 2 is 2.14 bits per heavy atom. The predicted octanol–water partition coefficient (Wildman–Crippen LogP) is 2.70. The standard InChI is InChI=1S/C15H15FN2O4/c1-3-12(14(19)17-13-8-9(2)22-18-13)21-15(20)10-6-4-5-7-11(10)16/h4-8,12H,3H2,1-2H3,(H,17,18,19)/t12-/m0/s1. The van der Waals surface area contributed by atoms with Crippen molar-refractivity contribution in [2.45, 2.75) is 26.4 Å². The molecule has 2 aromatic rings. The quantitative estimate of drug-likeness (QED) is 0.859. The van der Waals surface area contributed by atoms with Crippen LogP contribution in [-0.4, -0.2) is 23.1 Å². The van der Waals surface area contributed by atoms with Gasteiger partial charge in [-0.3, -0.25) is 4.79 Å². The van der Waals surface area contributed by atoms with E-state index in [1.807, 2.05) is 0 Å². The van der Waals surface area contributed by atoms with Crippen molar-refractivity contribution in [2.24, 2.45) is 0 Å². The summed E-state index contributed by atoms with van der Waals surface area (Å²) in [5, 5.41) is 6.09. The zero-order valence-corrected chi connectivity index (χ0v) is 12.1. The van der Waals surface area contributed by atoms with E-state index in [0.717, 1.165) is 6.07 Å². The Hall–Kier alpha value is -2.70. The molecule has 0 bridgehead atoms. The molecule has 0 radical (unpaired) electrons. The fraction of sp³-hybridized carbons (Fsp3) is 0.267. The van der Waals surface area contributed by atoms with Crippen molar-refractivity contribution in [3.63, 3.8) is 0 Å². The minimum atomic E-state index is -1.05. The number of hydrogen-bond acceptors (Lipinski definition) is 5. The van der Waals surface area contributed by atoms with Crippen LogP contribution in [0.15, 0.2) is 34.9 Å². The first-order valence-electron chi connectivity index (χ1n) is 6.71. The van der Waals surface area contributed by atoms with Crippen LogP contribution >= 0.6 is 0 Å². The van der Waals surface area contributed by atoms with Gasteiger partial charge in [-0.2, -0.15) is 0 Å². The number of amides is 1. The molecule has 0 saturated carbocycles. The highest BCUT2D eigenvalue weighted by molar-refractivity contribution is 5.97. The van der Waals surface area contributed by atoms with Crippen LogP contribution in [0.3, 0.4) is 0 Å². The van der Waals surface area contributed by atoms with Crippen LogP contribution in [0.25, 0.3) is 0 Å². The maximum absolute atomic E-state index is 13.5. The molecule has 1 N–H and O–H groups in total. The van der Waals surface area contributed by atoms with Gasteiger partial charge < -0.3 is 14.6 Å². The maximum Gasteiger partial charge on any atom is 0.341 e. The molecule has 0 aliphatic carbocycles. The van der Waals surface area contributed by atoms with E-state index in [2.05, 4.69) is 10.5 Å². The number of esters is 1. The molecular formula is C15H15FN2O4. The van der Waals surface area contributed by atoms with Gasteiger partial charge in [-0.25, -0.2) is 9.18 Å². The number of ether oxygens (including phenoxy) is 1. The smallest absolute Gasteiger partial charge is 0.341 e. The van der Waals surface area contributed by atoms with Gasteiger partial charge in [0.2, 0.25) is 0 Å². The lowest BCUT2D eigenvalue weighted by Crippen LogP contribution is -2.32. The summed E-state index contributed by atoms with van der Waals surface area (Å²) in [6.45, 7) is 3.35. The molecule has 1 heterocycles. The molecular weight excluding hydrogens is 291 g/mol. The molecule has 0 spiro atoms. The van der Waals surface area contributed by atoms with E-state index in [1.165, 1.54) is 24.3 Å². The second kappa shape index (κ2) is 6.84. The second-order valence-electron chi connectivity index (χ2n) is 4.59. The number of rotatable bonds is 5. The zero-order chi connectivity index (χ0) is 16.1. The van der Waals surface area contributed by atoms with Crippen molar-refractivity contribution in [3.05, 3.63) is 47.5 Å². The van der Waals surface area contributed by atoms with E-state index in [-0.39, 0.29) is 17.8 Å². The van der Waals surface area contributed by atoms with Gasteiger partial charge in [0.1, 0.15) is 11.6 Å². The minimum absolute atomic E-state index is 0.217. The first-order valence-corrected chi connectivity index (χ1v) is 6.71. The second-order valence-corrected chi connectivity index (χ2v) is 4.59. The van der Waals surface area contributed by atoms with E-state index in [4.69, 9.17) is 9.26 Å². The molecule has 2 rings (SSSR count). The highest BCUT2D eigenvalue weighted by atomic mass is 19.1. The third-order valence-corrected chi connectivity index (χ3v) is 2.89. The number of benzene rings is 1. The van der Waals surface area contributed by atoms with E-state index < -0.39 is 23.8 Å². The summed E-state index contributed by atoms with van der Waals surface area (Å²) in [5.41, 5.74) is -0.217. The number of anilines is 1. The Bertz CT molecular complexity index is 684. The first kappa shape index (κ1) is 15.7. The summed E-state index contributed by atoms with van der Waals surface area (Å²) in [6.07, 6.45) is -0.813. The van der Waals surface area contributed by atoms with Crippen LogP contribution in [0.4, 0.5) is 10.2 Å². The summed E-state index contributed by atoms with van der Waals surface area (Å²) < 4.78 is 23.4. The molecule has 1 aromatic heterocycles. The van der Waals surface area contributed by atoms with Gasteiger partial charge >= 0.3 is 5.97 Å². The number of nitrogens with zero attached hydrogens (tertiary/aromatic N) is 1. The van der Waals surface area contributed by atoms with E-state index in [9.17, 15) is 14.0 Å². The van der Waals surface area contributed by atoms with E-state index >= 15 is 0 Å². The van der Waals surface area contributed by atoms with Gasteiger partial charge in [-0.15, -0.1) is 0 Å². The SMILES string of the molecule is CC[C@H](OC(=O)c1ccccc1F)C(=O)Nc1cc(C)on1. The topological polar surface area (TPSA) is 81.4 Å². The molecule has 1 atom stereocenters. The Kier molecular flexibility index (Phi) is 4.88. The molecule has 0 unspecified atom stereocenters. The van der Waals surface area contributed by atoms with Crippen LogP contribution in [0.1, 0.15) is 29.5 Å². The lowest BCUT2D eigenvalue weighted by Gasteiger charge is -2.15. The Morgan fingerprint density at radius 3 is 2.73 bits per heavy atom. The molecule has 1 amide bonds. The monoisotopic (exact) mass is 306 g/mol. The largest absolute Gasteiger partial charge is 0.449 e. The normalized spacial score (nSPS) is 11.8. The van der Waals surface area contributed by atoms with Gasteiger partial charge in [0, 0.05) is 6.07 Å². The molecule has 7 heteroatoms. The molecule has 1 aromatic carbocycles.